The minimum absolute atomic E-state index is 0.0161. The predicted octanol–water partition coefficient (Wildman–Crippen LogP) is 4.34. The topological polar surface area (TPSA) is 32.9 Å². The fraction of sp³-hybridized carbons (Fsp3) is 0.438. The first kappa shape index (κ1) is 14.5. The number of rotatable bonds is 7. The zero-order chi connectivity index (χ0) is 13.5. The van der Waals surface area contributed by atoms with Crippen LogP contribution in [0.2, 0.25) is 0 Å². The summed E-state index contributed by atoms with van der Waals surface area (Å²) in [6, 6.07) is 1.97. The molecular formula is C16H23NO. The van der Waals surface area contributed by atoms with Crippen molar-refractivity contribution < 1.29 is 0 Å². The van der Waals surface area contributed by atoms with Crippen LogP contribution in [-0.2, 0) is 0 Å². The average Bonchev–Trinajstić information content (AvgIpc) is 2.38. The minimum Gasteiger partial charge on any atom is -0.322 e. The van der Waals surface area contributed by atoms with Crippen molar-refractivity contribution in [3.8, 4) is 0 Å². The van der Waals surface area contributed by atoms with Crippen LogP contribution in [0.3, 0.4) is 0 Å². The Morgan fingerprint density at radius 1 is 1.22 bits per heavy atom. The van der Waals surface area contributed by atoms with Gasteiger partial charge in [-0.1, -0.05) is 45.9 Å². The number of hydrogen-bond donors (Lipinski definition) is 1. The highest BCUT2D eigenvalue weighted by Crippen LogP contribution is 2.25. The van der Waals surface area contributed by atoms with Crippen molar-refractivity contribution in [1.29, 1.82) is 0 Å². The van der Waals surface area contributed by atoms with E-state index in [4.69, 9.17) is 0 Å². The molecule has 1 aromatic heterocycles. The van der Waals surface area contributed by atoms with E-state index in [1.54, 1.807) is 12.2 Å². The fourth-order valence-corrected chi connectivity index (χ4v) is 2.37. The van der Waals surface area contributed by atoms with Crippen molar-refractivity contribution >= 4 is 12.2 Å². The Kier molecular flexibility index (Phi) is 5.63. The highest BCUT2D eigenvalue weighted by Gasteiger charge is 2.15. The van der Waals surface area contributed by atoms with E-state index in [9.17, 15) is 4.79 Å². The van der Waals surface area contributed by atoms with Gasteiger partial charge in [0.2, 0.25) is 0 Å². The second kappa shape index (κ2) is 7.00. The van der Waals surface area contributed by atoms with E-state index in [-0.39, 0.29) is 5.56 Å². The molecule has 0 atom stereocenters. The SMILES string of the molecule is C=Cc1cc(C(CCC)CCC)c(=O)[nH]c1C=C. The Balaban J connectivity index is 3.25. The molecule has 18 heavy (non-hydrogen) atoms. The van der Waals surface area contributed by atoms with Gasteiger partial charge in [0.15, 0.2) is 0 Å². The van der Waals surface area contributed by atoms with Gasteiger partial charge in [-0.15, -0.1) is 0 Å². The molecule has 2 heteroatoms. The smallest absolute Gasteiger partial charge is 0.251 e. The molecule has 0 amide bonds. The van der Waals surface area contributed by atoms with Crippen LogP contribution in [0, 0.1) is 0 Å². The van der Waals surface area contributed by atoms with Gasteiger partial charge in [-0.05, 0) is 36.5 Å². The van der Waals surface area contributed by atoms with Crippen LogP contribution in [-0.4, -0.2) is 4.98 Å². The Bertz CT molecular complexity index is 464. The summed E-state index contributed by atoms with van der Waals surface area (Å²) in [5, 5.41) is 0. The first-order valence-electron chi connectivity index (χ1n) is 6.69. The molecule has 1 heterocycles. The summed E-state index contributed by atoms with van der Waals surface area (Å²) in [6.07, 6.45) is 7.73. The van der Waals surface area contributed by atoms with Crippen molar-refractivity contribution in [2.75, 3.05) is 0 Å². The second-order valence-electron chi connectivity index (χ2n) is 4.61. The van der Waals surface area contributed by atoms with Crippen LogP contribution in [0.4, 0.5) is 0 Å². The van der Waals surface area contributed by atoms with E-state index in [0.29, 0.717) is 5.92 Å². The zero-order valence-corrected chi connectivity index (χ0v) is 11.5. The van der Waals surface area contributed by atoms with E-state index in [2.05, 4.69) is 32.0 Å². The molecule has 0 aliphatic rings. The zero-order valence-electron chi connectivity index (χ0n) is 11.5. The third kappa shape index (κ3) is 3.22. The molecule has 0 aliphatic heterocycles. The van der Waals surface area contributed by atoms with Crippen molar-refractivity contribution in [1.82, 2.24) is 4.98 Å². The second-order valence-corrected chi connectivity index (χ2v) is 4.61. The molecule has 0 bridgehead atoms. The van der Waals surface area contributed by atoms with E-state index < -0.39 is 0 Å². The summed E-state index contributed by atoms with van der Waals surface area (Å²) >= 11 is 0. The van der Waals surface area contributed by atoms with E-state index >= 15 is 0 Å². The molecule has 0 fully saturated rings. The predicted molar refractivity (Wildman–Crippen MR) is 79.8 cm³/mol. The van der Waals surface area contributed by atoms with Crippen LogP contribution in [0.15, 0.2) is 24.0 Å². The molecule has 98 valence electrons. The minimum atomic E-state index is 0.0161. The fourth-order valence-electron chi connectivity index (χ4n) is 2.37. The quantitative estimate of drug-likeness (QED) is 0.761. The molecule has 0 saturated carbocycles. The molecule has 1 rings (SSSR count). The number of pyridine rings is 1. The maximum atomic E-state index is 12.1. The molecule has 0 aliphatic carbocycles. The molecule has 0 spiro atoms. The first-order valence-corrected chi connectivity index (χ1v) is 6.69. The summed E-state index contributed by atoms with van der Waals surface area (Å²) in [4.78, 5) is 15.0. The Morgan fingerprint density at radius 3 is 2.28 bits per heavy atom. The largest absolute Gasteiger partial charge is 0.322 e. The highest BCUT2D eigenvalue weighted by molar-refractivity contribution is 5.61. The molecular weight excluding hydrogens is 222 g/mol. The Hall–Kier alpha value is -1.57. The first-order chi connectivity index (χ1) is 8.67. The van der Waals surface area contributed by atoms with E-state index in [1.807, 2.05) is 6.07 Å². The van der Waals surface area contributed by atoms with Gasteiger partial charge in [0.1, 0.15) is 0 Å². The van der Waals surface area contributed by atoms with Crippen molar-refractivity contribution in [2.24, 2.45) is 0 Å². The van der Waals surface area contributed by atoms with Gasteiger partial charge in [0.05, 0.1) is 0 Å². The maximum absolute atomic E-state index is 12.1. The number of H-pyrrole nitrogens is 1. The van der Waals surface area contributed by atoms with Gasteiger partial charge in [-0.3, -0.25) is 4.79 Å². The lowest BCUT2D eigenvalue weighted by molar-refractivity contribution is 0.555. The number of aromatic amines is 1. The summed E-state index contributed by atoms with van der Waals surface area (Å²) in [5.74, 6) is 0.348. The molecule has 2 nitrogen and oxygen atoms in total. The molecule has 0 unspecified atom stereocenters. The number of nitrogens with one attached hydrogen (secondary N) is 1. The summed E-state index contributed by atoms with van der Waals surface area (Å²) < 4.78 is 0. The molecule has 0 aromatic carbocycles. The number of aromatic nitrogens is 1. The Morgan fingerprint density at radius 2 is 1.83 bits per heavy atom. The van der Waals surface area contributed by atoms with Gasteiger partial charge >= 0.3 is 0 Å². The molecule has 1 aromatic rings. The van der Waals surface area contributed by atoms with Crippen LogP contribution in [0.5, 0.6) is 0 Å². The molecule has 1 N–H and O–H groups in total. The van der Waals surface area contributed by atoms with Crippen LogP contribution in [0.1, 0.15) is 62.3 Å². The Labute approximate surface area is 109 Å². The third-order valence-corrected chi connectivity index (χ3v) is 3.27. The van der Waals surface area contributed by atoms with Gasteiger partial charge < -0.3 is 4.98 Å². The lowest BCUT2D eigenvalue weighted by Gasteiger charge is -2.16. The summed E-state index contributed by atoms with van der Waals surface area (Å²) in [6.45, 7) is 11.8. The monoisotopic (exact) mass is 245 g/mol. The molecule has 0 radical (unpaired) electrons. The molecule has 0 saturated heterocycles. The van der Waals surface area contributed by atoms with Gasteiger partial charge in [0, 0.05) is 11.3 Å². The van der Waals surface area contributed by atoms with E-state index in [0.717, 1.165) is 42.5 Å². The van der Waals surface area contributed by atoms with Gasteiger partial charge in [-0.2, -0.15) is 0 Å². The lowest BCUT2D eigenvalue weighted by atomic mass is 9.90. The third-order valence-electron chi connectivity index (χ3n) is 3.27. The summed E-state index contributed by atoms with van der Waals surface area (Å²) in [7, 11) is 0. The van der Waals surface area contributed by atoms with Crippen LogP contribution >= 0.6 is 0 Å². The maximum Gasteiger partial charge on any atom is 0.251 e. The van der Waals surface area contributed by atoms with Crippen molar-refractivity contribution in [3.05, 3.63) is 46.4 Å². The van der Waals surface area contributed by atoms with Gasteiger partial charge in [-0.25, -0.2) is 0 Å². The van der Waals surface area contributed by atoms with Gasteiger partial charge in [0.25, 0.3) is 5.56 Å². The average molecular weight is 245 g/mol. The lowest BCUT2D eigenvalue weighted by Crippen LogP contribution is -2.18. The highest BCUT2D eigenvalue weighted by atomic mass is 16.1. The summed E-state index contributed by atoms with van der Waals surface area (Å²) in [5.41, 5.74) is 2.61. The van der Waals surface area contributed by atoms with E-state index in [1.165, 1.54) is 0 Å². The standard InChI is InChI=1S/C16H23NO/c1-5-9-13(10-6-2)14-11-12(7-3)15(8-4)17-16(14)18/h7-8,11,13H,3-6,9-10H2,1-2H3,(H,17,18). The van der Waals surface area contributed by atoms with Crippen LogP contribution in [0.25, 0.3) is 12.2 Å². The van der Waals surface area contributed by atoms with Crippen molar-refractivity contribution in [3.63, 3.8) is 0 Å². The number of hydrogen-bond acceptors (Lipinski definition) is 1. The normalized spacial score (nSPS) is 10.6. The van der Waals surface area contributed by atoms with Crippen LogP contribution < -0.4 is 5.56 Å². The van der Waals surface area contributed by atoms with Crippen molar-refractivity contribution in [2.45, 2.75) is 45.4 Å².